The number of imidazole rings is 1. The molecule has 0 unspecified atom stereocenters. The molecule has 2 aromatic heterocycles. The molecule has 0 saturated carbocycles. The van der Waals surface area contributed by atoms with Crippen LogP contribution in [0.25, 0.3) is 5.65 Å². The normalized spacial score (nSPS) is 12.3. The van der Waals surface area contributed by atoms with Crippen molar-refractivity contribution in [3.8, 4) is 0 Å². The molecule has 0 N–H and O–H groups in total. The quantitative estimate of drug-likeness (QED) is 0.641. The standard InChI is InChI=1S/C13H18N2/c1-9-6-11(13(3,4)5)15-8-10(2)14-12(15)7-9/h6-8H,1-5H3. The summed E-state index contributed by atoms with van der Waals surface area (Å²) in [4.78, 5) is 4.51. The molecule has 0 amide bonds. The maximum Gasteiger partial charge on any atom is 0.137 e. The van der Waals surface area contributed by atoms with Crippen LogP contribution < -0.4 is 0 Å². The second-order valence-corrected chi connectivity index (χ2v) is 5.28. The van der Waals surface area contributed by atoms with Gasteiger partial charge in [-0.1, -0.05) is 20.8 Å². The second kappa shape index (κ2) is 3.09. The lowest BCUT2D eigenvalue weighted by Crippen LogP contribution is -2.16. The topological polar surface area (TPSA) is 17.3 Å². The highest BCUT2D eigenvalue weighted by Gasteiger charge is 2.18. The minimum Gasteiger partial charge on any atom is -0.303 e. The summed E-state index contributed by atoms with van der Waals surface area (Å²) in [5.74, 6) is 0. The summed E-state index contributed by atoms with van der Waals surface area (Å²) in [6, 6.07) is 4.37. The van der Waals surface area contributed by atoms with Crippen molar-refractivity contribution in [2.24, 2.45) is 0 Å². The molecular formula is C13H18N2. The average Bonchev–Trinajstić information content (AvgIpc) is 2.41. The molecule has 2 rings (SSSR count). The molecule has 0 saturated heterocycles. The number of fused-ring (bicyclic) bond motifs is 1. The Bertz CT molecular complexity index is 501. The van der Waals surface area contributed by atoms with Crippen LogP contribution in [0.5, 0.6) is 0 Å². The van der Waals surface area contributed by atoms with Crippen LogP contribution >= 0.6 is 0 Å². The minimum absolute atomic E-state index is 0.150. The lowest BCUT2D eigenvalue weighted by Gasteiger charge is -2.21. The maximum absolute atomic E-state index is 4.51. The minimum atomic E-state index is 0.150. The van der Waals surface area contributed by atoms with E-state index in [-0.39, 0.29) is 5.41 Å². The highest BCUT2D eigenvalue weighted by molar-refractivity contribution is 5.46. The van der Waals surface area contributed by atoms with Gasteiger partial charge in [-0.25, -0.2) is 4.98 Å². The van der Waals surface area contributed by atoms with E-state index >= 15 is 0 Å². The van der Waals surface area contributed by atoms with Gasteiger partial charge in [-0.2, -0.15) is 0 Å². The zero-order chi connectivity index (χ0) is 11.2. The summed E-state index contributed by atoms with van der Waals surface area (Å²) in [5.41, 5.74) is 4.87. The fraction of sp³-hybridized carbons (Fsp3) is 0.462. The number of aromatic nitrogens is 2. The third-order valence-corrected chi connectivity index (χ3v) is 2.60. The van der Waals surface area contributed by atoms with Crippen LogP contribution in [0.15, 0.2) is 18.3 Å². The smallest absolute Gasteiger partial charge is 0.137 e. The molecule has 2 heterocycles. The van der Waals surface area contributed by atoms with Gasteiger partial charge in [0, 0.05) is 17.3 Å². The van der Waals surface area contributed by atoms with E-state index in [1.54, 1.807) is 0 Å². The summed E-state index contributed by atoms with van der Waals surface area (Å²) in [6.45, 7) is 10.9. The number of pyridine rings is 1. The maximum atomic E-state index is 4.51. The molecule has 80 valence electrons. The Hall–Kier alpha value is -1.31. The van der Waals surface area contributed by atoms with E-state index in [0.29, 0.717) is 0 Å². The lowest BCUT2D eigenvalue weighted by atomic mass is 9.90. The van der Waals surface area contributed by atoms with Crippen molar-refractivity contribution in [1.29, 1.82) is 0 Å². The van der Waals surface area contributed by atoms with Gasteiger partial charge in [-0.3, -0.25) is 0 Å². The van der Waals surface area contributed by atoms with Crippen LogP contribution in [0.2, 0.25) is 0 Å². The molecule has 0 fully saturated rings. The molecule has 0 aliphatic heterocycles. The van der Waals surface area contributed by atoms with Gasteiger partial charge in [0.25, 0.3) is 0 Å². The van der Waals surface area contributed by atoms with Crippen LogP contribution in [0.1, 0.15) is 37.7 Å². The Labute approximate surface area is 91.0 Å². The van der Waals surface area contributed by atoms with Gasteiger partial charge in [-0.05, 0) is 31.5 Å². The Morgan fingerprint density at radius 3 is 2.40 bits per heavy atom. The Morgan fingerprint density at radius 2 is 1.80 bits per heavy atom. The molecule has 0 atom stereocenters. The summed E-state index contributed by atoms with van der Waals surface area (Å²) >= 11 is 0. The number of hydrogen-bond donors (Lipinski definition) is 0. The Balaban J connectivity index is 2.82. The van der Waals surface area contributed by atoms with Crippen molar-refractivity contribution in [3.63, 3.8) is 0 Å². The zero-order valence-corrected chi connectivity index (χ0v) is 10.1. The van der Waals surface area contributed by atoms with Crippen molar-refractivity contribution in [1.82, 2.24) is 9.38 Å². The number of hydrogen-bond acceptors (Lipinski definition) is 1. The zero-order valence-electron chi connectivity index (χ0n) is 10.1. The van der Waals surface area contributed by atoms with E-state index in [9.17, 15) is 0 Å². The van der Waals surface area contributed by atoms with E-state index in [1.807, 2.05) is 6.92 Å². The first-order valence-corrected chi connectivity index (χ1v) is 5.35. The molecule has 0 aliphatic carbocycles. The van der Waals surface area contributed by atoms with Crippen LogP contribution in [0, 0.1) is 13.8 Å². The molecule has 0 spiro atoms. The highest BCUT2D eigenvalue weighted by atomic mass is 15.0. The predicted molar refractivity (Wildman–Crippen MR) is 63.4 cm³/mol. The van der Waals surface area contributed by atoms with Gasteiger partial charge in [-0.15, -0.1) is 0 Å². The average molecular weight is 202 g/mol. The van der Waals surface area contributed by atoms with Crippen molar-refractivity contribution in [2.45, 2.75) is 40.0 Å². The first-order chi connectivity index (χ1) is 6.88. The molecule has 0 bridgehead atoms. The number of aryl methyl sites for hydroxylation is 2. The van der Waals surface area contributed by atoms with Crippen molar-refractivity contribution < 1.29 is 0 Å². The third-order valence-electron chi connectivity index (χ3n) is 2.60. The van der Waals surface area contributed by atoms with Crippen LogP contribution in [0.3, 0.4) is 0 Å². The number of rotatable bonds is 0. The SMILES string of the molecule is Cc1cc(C(C)(C)C)n2cc(C)nc2c1. The monoisotopic (exact) mass is 202 g/mol. The van der Waals surface area contributed by atoms with Crippen molar-refractivity contribution in [3.05, 3.63) is 35.3 Å². The Morgan fingerprint density at radius 1 is 1.13 bits per heavy atom. The van der Waals surface area contributed by atoms with E-state index < -0.39 is 0 Å². The van der Waals surface area contributed by atoms with Crippen LogP contribution in [-0.2, 0) is 5.41 Å². The third kappa shape index (κ3) is 1.76. The molecule has 2 aromatic rings. The van der Waals surface area contributed by atoms with E-state index in [2.05, 4.69) is 55.4 Å². The fourth-order valence-corrected chi connectivity index (χ4v) is 1.92. The van der Waals surface area contributed by atoms with Crippen LogP contribution in [0.4, 0.5) is 0 Å². The fourth-order valence-electron chi connectivity index (χ4n) is 1.92. The highest BCUT2D eigenvalue weighted by Crippen LogP contribution is 2.24. The van der Waals surface area contributed by atoms with Gasteiger partial charge in [0.1, 0.15) is 5.65 Å². The van der Waals surface area contributed by atoms with Gasteiger partial charge in [0.15, 0.2) is 0 Å². The predicted octanol–water partition coefficient (Wildman–Crippen LogP) is 3.25. The molecule has 0 radical (unpaired) electrons. The van der Waals surface area contributed by atoms with Gasteiger partial charge in [0.2, 0.25) is 0 Å². The van der Waals surface area contributed by atoms with E-state index in [4.69, 9.17) is 0 Å². The largest absolute Gasteiger partial charge is 0.303 e. The lowest BCUT2D eigenvalue weighted by molar-refractivity contribution is 0.560. The molecular weight excluding hydrogens is 184 g/mol. The van der Waals surface area contributed by atoms with E-state index in [1.165, 1.54) is 11.3 Å². The van der Waals surface area contributed by atoms with Gasteiger partial charge < -0.3 is 4.40 Å². The molecule has 2 heteroatoms. The van der Waals surface area contributed by atoms with Gasteiger partial charge in [0.05, 0.1) is 5.69 Å². The first-order valence-electron chi connectivity index (χ1n) is 5.35. The van der Waals surface area contributed by atoms with Crippen LogP contribution in [-0.4, -0.2) is 9.38 Å². The molecule has 2 nitrogen and oxygen atoms in total. The molecule has 15 heavy (non-hydrogen) atoms. The summed E-state index contributed by atoms with van der Waals surface area (Å²) in [6.07, 6.45) is 2.11. The summed E-state index contributed by atoms with van der Waals surface area (Å²) < 4.78 is 2.20. The molecule has 0 aromatic carbocycles. The summed E-state index contributed by atoms with van der Waals surface area (Å²) in [5, 5.41) is 0. The van der Waals surface area contributed by atoms with Gasteiger partial charge >= 0.3 is 0 Å². The first kappa shape index (κ1) is 10.2. The van der Waals surface area contributed by atoms with Crippen molar-refractivity contribution in [2.75, 3.05) is 0 Å². The Kier molecular flexibility index (Phi) is 2.10. The number of nitrogens with zero attached hydrogens (tertiary/aromatic N) is 2. The summed E-state index contributed by atoms with van der Waals surface area (Å²) in [7, 11) is 0. The molecule has 0 aliphatic rings. The van der Waals surface area contributed by atoms with Crippen molar-refractivity contribution >= 4 is 5.65 Å². The van der Waals surface area contributed by atoms with E-state index in [0.717, 1.165) is 11.3 Å². The second-order valence-electron chi connectivity index (χ2n) is 5.28.